The Morgan fingerprint density at radius 3 is 2.25 bits per heavy atom. The number of hydrogen-bond donors (Lipinski definition) is 0. The zero-order valence-electron chi connectivity index (χ0n) is 17.6. The highest BCUT2D eigenvalue weighted by molar-refractivity contribution is 8.18. The van der Waals surface area contributed by atoms with E-state index in [0.717, 1.165) is 11.1 Å². The summed E-state index contributed by atoms with van der Waals surface area (Å²) in [6, 6.07) is 19.6. The highest BCUT2D eigenvalue weighted by Crippen LogP contribution is 2.31. The van der Waals surface area contributed by atoms with Crippen LogP contribution >= 0.6 is 11.8 Å². The first-order valence-electron chi connectivity index (χ1n) is 10.1. The second-order valence-corrected chi connectivity index (χ2v) is 7.53. The van der Waals surface area contributed by atoms with Crippen LogP contribution in [0.3, 0.4) is 0 Å². The minimum Gasteiger partial charge on any atom is -0.465 e. The summed E-state index contributed by atoms with van der Waals surface area (Å²) >= 11 is 1.17. The molecule has 7 heteroatoms. The number of ether oxygens (including phenoxy) is 1. The fourth-order valence-electron chi connectivity index (χ4n) is 2.72. The Bertz CT molecular complexity index is 1070. The first kappa shape index (κ1) is 23.0. The van der Waals surface area contributed by atoms with E-state index >= 15 is 0 Å². The third-order valence-corrected chi connectivity index (χ3v) is 5.22. The molecule has 1 aliphatic rings. The lowest BCUT2D eigenvalue weighted by Gasteiger charge is -2.13. The van der Waals surface area contributed by atoms with Crippen LogP contribution < -0.4 is 0 Å². The molecule has 0 atom stereocenters. The molecule has 0 bridgehead atoms. The quantitative estimate of drug-likeness (QED) is 0.254. The maximum Gasteiger partial charge on any atom is 0.326 e. The number of carbonyl (C=O) groups excluding carboxylic acids is 2. The molecule has 1 saturated heterocycles. The molecule has 0 aromatic heterocycles. The van der Waals surface area contributed by atoms with Gasteiger partial charge in [-0.25, -0.2) is 0 Å². The fourth-order valence-corrected chi connectivity index (χ4v) is 3.61. The van der Waals surface area contributed by atoms with Crippen molar-refractivity contribution in [3.63, 3.8) is 0 Å². The molecule has 1 amide bonds. The molecule has 6 nitrogen and oxygen atoms in total. The lowest BCUT2D eigenvalue weighted by atomic mass is 10.2. The Hall–Kier alpha value is -3.71. The first-order chi connectivity index (χ1) is 15.7. The van der Waals surface area contributed by atoms with Crippen molar-refractivity contribution in [2.24, 2.45) is 10.2 Å². The Balaban J connectivity index is 1.74. The highest BCUT2D eigenvalue weighted by Gasteiger charge is 2.35. The van der Waals surface area contributed by atoms with Crippen LogP contribution in [0.25, 0.3) is 12.2 Å². The zero-order valence-corrected chi connectivity index (χ0v) is 18.4. The van der Waals surface area contributed by atoms with Gasteiger partial charge in [0.25, 0.3) is 5.91 Å². The second kappa shape index (κ2) is 12.2. The number of nitrogens with zero attached hydrogens (tertiary/aromatic N) is 3. The van der Waals surface area contributed by atoms with Crippen molar-refractivity contribution < 1.29 is 14.3 Å². The summed E-state index contributed by atoms with van der Waals surface area (Å²) in [6.45, 7) is 1.75. The topological polar surface area (TPSA) is 71.3 Å². The standard InChI is InChI=1S/C25H23N3O3S/c1-2-31-23(29)19-28-24(30)22(17-9-15-20-11-5-3-6-12-20)32-25(28)27-26-18-10-16-21-13-7-4-8-14-21/h3-18H,2,19H2,1H3. The molecular weight excluding hydrogens is 422 g/mol. The van der Waals surface area contributed by atoms with E-state index in [1.54, 1.807) is 25.2 Å². The number of allylic oxidation sites excluding steroid dienone is 3. The summed E-state index contributed by atoms with van der Waals surface area (Å²) in [5.41, 5.74) is 2.06. The van der Waals surface area contributed by atoms with Gasteiger partial charge in [-0.1, -0.05) is 78.9 Å². The third-order valence-electron chi connectivity index (χ3n) is 4.20. The molecule has 1 fully saturated rings. The van der Waals surface area contributed by atoms with Crippen molar-refractivity contribution in [2.75, 3.05) is 13.2 Å². The molecule has 3 rings (SSSR count). The van der Waals surface area contributed by atoms with Crippen molar-refractivity contribution in [3.8, 4) is 0 Å². The lowest BCUT2D eigenvalue weighted by molar-refractivity contribution is -0.145. The summed E-state index contributed by atoms with van der Waals surface area (Å²) in [5, 5.41) is 8.50. The Morgan fingerprint density at radius 2 is 1.62 bits per heavy atom. The molecule has 2 aromatic carbocycles. The number of rotatable bonds is 8. The third kappa shape index (κ3) is 6.92. The van der Waals surface area contributed by atoms with E-state index in [1.807, 2.05) is 72.8 Å². The van der Waals surface area contributed by atoms with Crippen molar-refractivity contribution in [1.82, 2.24) is 4.90 Å². The van der Waals surface area contributed by atoms with Gasteiger partial charge in [-0.3, -0.25) is 14.5 Å². The summed E-state index contributed by atoms with van der Waals surface area (Å²) in [6.07, 6.45) is 10.6. The first-order valence-corrected chi connectivity index (χ1v) is 10.9. The fraction of sp³-hybridized carbons (Fsp3) is 0.120. The number of amides is 1. The van der Waals surface area contributed by atoms with Gasteiger partial charge >= 0.3 is 5.97 Å². The average Bonchev–Trinajstić information content (AvgIpc) is 3.09. The van der Waals surface area contributed by atoms with Crippen molar-refractivity contribution in [1.29, 1.82) is 0 Å². The lowest BCUT2D eigenvalue weighted by Crippen LogP contribution is -2.35. The van der Waals surface area contributed by atoms with Crippen molar-refractivity contribution >= 4 is 47.2 Å². The molecule has 0 radical (unpaired) electrons. The van der Waals surface area contributed by atoms with Crippen LogP contribution in [0, 0.1) is 0 Å². The molecule has 1 heterocycles. The Kier molecular flexibility index (Phi) is 8.77. The molecular formula is C25H23N3O3S. The SMILES string of the molecule is CCOC(=O)CN1C(=O)C(=CC=Cc2ccccc2)SC1=NN=CC=Cc1ccccc1. The van der Waals surface area contributed by atoms with E-state index in [-0.39, 0.29) is 19.1 Å². The van der Waals surface area contributed by atoms with E-state index < -0.39 is 5.97 Å². The number of hydrogen-bond acceptors (Lipinski definition) is 6. The van der Waals surface area contributed by atoms with Gasteiger partial charge in [0.2, 0.25) is 0 Å². The van der Waals surface area contributed by atoms with Crippen LogP contribution in [0.5, 0.6) is 0 Å². The predicted molar refractivity (Wildman–Crippen MR) is 131 cm³/mol. The van der Waals surface area contributed by atoms with Crippen LogP contribution in [0.2, 0.25) is 0 Å². The zero-order chi connectivity index (χ0) is 22.6. The van der Waals surface area contributed by atoms with Gasteiger partial charge in [0.1, 0.15) is 6.54 Å². The van der Waals surface area contributed by atoms with E-state index in [4.69, 9.17) is 4.74 Å². The maximum absolute atomic E-state index is 12.8. The van der Waals surface area contributed by atoms with Gasteiger partial charge in [-0.15, -0.1) is 5.10 Å². The normalized spacial score (nSPS) is 16.9. The minimum atomic E-state index is -0.497. The van der Waals surface area contributed by atoms with Gasteiger partial charge in [-0.2, -0.15) is 5.10 Å². The molecule has 2 aromatic rings. The average molecular weight is 446 g/mol. The number of esters is 1. The molecule has 0 N–H and O–H groups in total. The molecule has 0 spiro atoms. The highest BCUT2D eigenvalue weighted by atomic mass is 32.2. The molecule has 32 heavy (non-hydrogen) atoms. The molecule has 162 valence electrons. The Labute approximate surface area is 191 Å². The predicted octanol–water partition coefficient (Wildman–Crippen LogP) is 4.78. The van der Waals surface area contributed by atoms with E-state index in [1.165, 1.54) is 22.9 Å². The van der Waals surface area contributed by atoms with Crippen LogP contribution in [-0.2, 0) is 14.3 Å². The van der Waals surface area contributed by atoms with Crippen molar-refractivity contribution in [2.45, 2.75) is 6.92 Å². The minimum absolute atomic E-state index is 0.215. The monoisotopic (exact) mass is 445 g/mol. The largest absolute Gasteiger partial charge is 0.465 e. The molecule has 1 aliphatic heterocycles. The second-order valence-electron chi connectivity index (χ2n) is 6.52. The van der Waals surface area contributed by atoms with Crippen LogP contribution in [0.1, 0.15) is 18.1 Å². The van der Waals surface area contributed by atoms with Gasteiger partial charge in [0.15, 0.2) is 5.17 Å². The van der Waals surface area contributed by atoms with Crippen LogP contribution in [0.4, 0.5) is 0 Å². The van der Waals surface area contributed by atoms with Crippen LogP contribution in [-0.4, -0.2) is 41.3 Å². The van der Waals surface area contributed by atoms with E-state index in [9.17, 15) is 9.59 Å². The number of amidine groups is 1. The molecule has 0 saturated carbocycles. The maximum atomic E-state index is 12.8. The van der Waals surface area contributed by atoms with Crippen molar-refractivity contribution in [3.05, 3.63) is 94.9 Å². The molecule has 0 unspecified atom stereocenters. The smallest absolute Gasteiger partial charge is 0.326 e. The number of thioether (sulfide) groups is 1. The number of carbonyl (C=O) groups is 2. The van der Waals surface area contributed by atoms with Gasteiger partial charge in [0.05, 0.1) is 11.5 Å². The summed E-state index contributed by atoms with van der Waals surface area (Å²) in [7, 11) is 0. The summed E-state index contributed by atoms with van der Waals surface area (Å²) < 4.78 is 4.99. The van der Waals surface area contributed by atoms with E-state index in [2.05, 4.69) is 10.2 Å². The summed E-state index contributed by atoms with van der Waals surface area (Å²) in [4.78, 5) is 26.5. The Morgan fingerprint density at radius 1 is 1.00 bits per heavy atom. The molecule has 0 aliphatic carbocycles. The summed E-state index contributed by atoms with van der Waals surface area (Å²) in [5.74, 6) is -0.808. The van der Waals surface area contributed by atoms with Crippen LogP contribution in [0.15, 0.2) is 94.0 Å². The van der Waals surface area contributed by atoms with E-state index in [0.29, 0.717) is 10.1 Å². The van der Waals surface area contributed by atoms with Gasteiger partial charge in [0, 0.05) is 6.21 Å². The van der Waals surface area contributed by atoms with Gasteiger partial charge in [-0.05, 0) is 42.0 Å². The van der Waals surface area contributed by atoms with Gasteiger partial charge < -0.3 is 4.74 Å². The number of benzene rings is 2.